The number of hydrogen-bond acceptors (Lipinski definition) is 4. The zero-order valence-electron chi connectivity index (χ0n) is 9.79. The normalized spacial score (nSPS) is 9.56. The van der Waals surface area contributed by atoms with Gasteiger partial charge in [0.15, 0.2) is 6.61 Å². The summed E-state index contributed by atoms with van der Waals surface area (Å²) in [6, 6.07) is 1.77. The number of aryl methyl sites for hydroxylation is 1. The summed E-state index contributed by atoms with van der Waals surface area (Å²) in [7, 11) is 0. The van der Waals surface area contributed by atoms with Crippen LogP contribution < -0.4 is 10.1 Å². The van der Waals surface area contributed by atoms with Crippen molar-refractivity contribution in [2.45, 2.75) is 26.7 Å². The van der Waals surface area contributed by atoms with Gasteiger partial charge in [0.25, 0.3) is 0 Å². The number of nitrogens with zero attached hydrogens (tertiary/aromatic N) is 2. The highest BCUT2D eigenvalue weighted by Crippen LogP contribution is 2.13. The molecular weight excluding hydrogens is 202 g/mol. The third kappa shape index (κ3) is 3.77. The first-order valence-electron chi connectivity index (χ1n) is 5.48. The number of ether oxygens (including phenoxy) is 1. The number of rotatable bonds is 6. The Morgan fingerprint density at radius 1 is 1.44 bits per heavy atom. The van der Waals surface area contributed by atoms with Crippen molar-refractivity contribution in [1.29, 1.82) is 0 Å². The number of terminal acetylenes is 1. The highest BCUT2D eigenvalue weighted by molar-refractivity contribution is 5.38. The Hall–Kier alpha value is -1.76. The van der Waals surface area contributed by atoms with Gasteiger partial charge in [0.1, 0.15) is 11.6 Å². The number of aromatic nitrogens is 2. The van der Waals surface area contributed by atoms with Crippen LogP contribution in [0.2, 0.25) is 0 Å². The molecule has 0 spiro atoms. The average Bonchev–Trinajstić information content (AvgIpc) is 2.33. The predicted octanol–water partition coefficient (Wildman–Crippen LogP) is 1.87. The smallest absolute Gasteiger partial charge is 0.219 e. The summed E-state index contributed by atoms with van der Waals surface area (Å²) in [6.07, 6.45) is 6.95. The van der Waals surface area contributed by atoms with E-state index in [1.165, 1.54) is 0 Å². The molecule has 0 amide bonds. The molecular formula is C12H17N3O. The maximum atomic E-state index is 5.29. The monoisotopic (exact) mass is 219 g/mol. The lowest BCUT2D eigenvalue weighted by Gasteiger charge is -2.08. The van der Waals surface area contributed by atoms with Gasteiger partial charge in [0.2, 0.25) is 5.88 Å². The van der Waals surface area contributed by atoms with Gasteiger partial charge in [-0.25, -0.2) is 4.98 Å². The molecule has 1 aromatic heterocycles. The zero-order chi connectivity index (χ0) is 11.8. The van der Waals surface area contributed by atoms with E-state index in [2.05, 4.69) is 28.1 Å². The van der Waals surface area contributed by atoms with Crippen molar-refractivity contribution < 1.29 is 4.74 Å². The summed E-state index contributed by atoms with van der Waals surface area (Å²) in [4.78, 5) is 8.57. The minimum Gasteiger partial charge on any atom is -0.464 e. The Kier molecular flexibility index (Phi) is 5.13. The van der Waals surface area contributed by atoms with Crippen LogP contribution in [0.3, 0.4) is 0 Å². The van der Waals surface area contributed by atoms with Gasteiger partial charge in [-0.3, -0.25) is 0 Å². The van der Waals surface area contributed by atoms with Gasteiger partial charge in [0, 0.05) is 19.0 Å². The maximum absolute atomic E-state index is 5.29. The van der Waals surface area contributed by atoms with E-state index in [0.29, 0.717) is 5.88 Å². The van der Waals surface area contributed by atoms with Crippen molar-refractivity contribution in [3.8, 4) is 18.2 Å². The van der Waals surface area contributed by atoms with E-state index in [1.807, 2.05) is 6.92 Å². The van der Waals surface area contributed by atoms with Crippen LogP contribution in [-0.2, 0) is 6.42 Å². The Morgan fingerprint density at radius 3 is 2.88 bits per heavy atom. The summed E-state index contributed by atoms with van der Waals surface area (Å²) in [6.45, 7) is 5.22. The number of nitrogens with one attached hydrogen (secondary N) is 1. The fraction of sp³-hybridized carbons (Fsp3) is 0.500. The van der Waals surface area contributed by atoms with Crippen LogP contribution in [0.4, 0.5) is 5.82 Å². The molecule has 0 radical (unpaired) electrons. The Balaban J connectivity index is 2.79. The molecule has 1 aromatic rings. The first-order valence-corrected chi connectivity index (χ1v) is 5.48. The second kappa shape index (κ2) is 6.67. The van der Waals surface area contributed by atoms with Gasteiger partial charge < -0.3 is 10.1 Å². The third-order valence-corrected chi connectivity index (χ3v) is 1.92. The first kappa shape index (κ1) is 12.3. The topological polar surface area (TPSA) is 47.0 Å². The minimum absolute atomic E-state index is 0.230. The van der Waals surface area contributed by atoms with E-state index >= 15 is 0 Å². The summed E-state index contributed by atoms with van der Waals surface area (Å²) in [5.74, 6) is 4.49. The molecule has 0 aliphatic carbocycles. The van der Waals surface area contributed by atoms with Crippen molar-refractivity contribution in [3.05, 3.63) is 11.9 Å². The van der Waals surface area contributed by atoms with Crippen LogP contribution >= 0.6 is 0 Å². The first-order chi connectivity index (χ1) is 7.80. The molecule has 1 N–H and O–H groups in total. The summed E-state index contributed by atoms with van der Waals surface area (Å²) >= 11 is 0. The minimum atomic E-state index is 0.230. The molecule has 0 atom stereocenters. The summed E-state index contributed by atoms with van der Waals surface area (Å²) < 4.78 is 5.29. The van der Waals surface area contributed by atoms with Crippen molar-refractivity contribution in [3.63, 3.8) is 0 Å². The molecule has 0 saturated heterocycles. The van der Waals surface area contributed by atoms with Gasteiger partial charge in [0.05, 0.1) is 0 Å². The highest BCUT2D eigenvalue weighted by atomic mass is 16.5. The van der Waals surface area contributed by atoms with Crippen LogP contribution in [0.25, 0.3) is 0 Å². The lowest BCUT2D eigenvalue weighted by Crippen LogP contribution is -2.06. The Bertz CT molecular complexity index is 371. The fourth-order valence-electron chi connectivity index (χ4n) is 1.16. The van der Waals surface area contributed by atoms with Crippen LogP contribution in [-0.4, -0.2) is 23.1 Å². The lowest BCUT2D eigenvalue weighted by atomic mass is 10.4. The van der Waals surface area contributed by atoms with E-state index < -0.39 is 0 Å². The van der Waals surface area contributed by atoms with Gasteiger partial charge in [-0.05, 0) is 6.42 Å². The maximum Gasteiger partial charge on any atom is 0.219 e. The third-order valence-electron chi connectivity index (χ3n) is 1.92. The van der Waals surface area contributed by atoms with Gasteiger partial charge >= 0.3 is 0 Å². The number of anilines is 1. The quantitative estimate of drug-likeness (QED) is 0.742. The van der Waals surface area contributed by atoms with Crippen molar-refractivity contribution in [2.75, 3.05) is 18.5 Å². The molecule has 0 saturated carbocycles. The molecule has 0 aliphatic heterocycles. The van der Waals surface area contributed by atoms with E-state index in [1.54, 1.807) is 6.07 Å². The van der Waals surface area contributed by atoms with E-state index in [-0.39, 0.29) is 6.61 Å². The molecule has 4 nitrogen and oxygen atoms in total. The highest BCUT2D eigenvalue weighted by Gasteiger charge is 2.03. The molecule has 0 aliphatic rings. The second-order valence-electron chi connectivity index (χ2n) is 3.28. The molecule has 0 fully saturated rings. The molecule has 0 bridgehead atoms. The van der Waals surface area contributed by atoms with Gasteiger partial charge in [-0.15, -0.1) is 6.42 Å². The van der Waals surface area contributed by atoms with E-state index in [0.717, 1.165) is 31.0 Å². The molecule has 1 rings (SSSR count). The largest absolute Gasteiger partial charge is 0.464 e. The predicted molar refractivity (Wildman–Crippen MR) is 64.5 cm³/mol. The van der Waals surface area contributed by atoms with Crippen LogP contribution in [0.1, 0.15) is 26.1 Å². The average molecular weight is 219 g/mol. The van der Waals surface area contributed by atoms with Crippen molar-refractivity contribution in [1.82, 2.24) is 9.97 Å². The molecule has 0 unspecified atom stereocenters. The van der Waals surface area contributed by atoms with Crippen LogP contribution in [0.5, 0.6) is 5.88 Å². The SMILES string of the molecule is C#CCOc1cc(NCCC)nc(CC)n1. The van der Waals surface area contributed by atoms with Crippen molar-refractivity contribution >= 4 is 5.82 Å². The van der Waals surface area contributed by atoms with Gasteiger partial charge in [-0.1, -0.05) is 19.8 Å². The second-order valence-corrected chi connectivity index (χ2v) is 3.28. The van der Waals surface area contributed by atoms with Crippen molar-refractivity contribution in [2.24, 2.45) is 0 Å². The molecule has 1 heterocycles. The molecule has 86 valence electrons. The zero-order valence-corrected chi connectivity index (χ0v) is 9.79. The van der Waals surface area contributed by atoms with E-state index in [4.69, 9.17) is 11.2 Å². The molecule has 16 heavy (non-hydrogen) atoms. The lowest BCUT2D eigenvalue weighted by molar-refractivity contribution is 0.353. The Labute approximate surface area is 96.5 Å². The van der Waals surface area contributed by atoms with E-state index in [9.17, 15) is 0 Å². The molecule has 0 aromatic carbocycles. The fourth-order valence-corrected chi connectivity index (χ4v) is 1.16. The molecule has 4 heteroatoms. The van der Waals surface area contributed by atoms with Crippen LogP contribution in [0.15, 0.2) is 6.07 Å². The number of hydrogen-bond donors (Lipinski definition) is 1. The van der Waals surface area contributed by atoms with Crippen LogP contribution in [0, 0.1) is 12.3 Å². The summed E-state index contributed by atoms with van der Waals surface area (Å²) in [5, 5.41) is 3.20. The standard InChI is InChI=1S/C12H17N3O/c1-4-7-13-11-9-12(16-8-5-2)15-10(6-3)14-11/h2,9H,4,6-8H2,1,3H3,(H,13,14,15). The summed E-state index contributed by atoms with van der Waals surface area (Å²) in [5.41, 5.74) is 0. The van der Waals surface area contributed by atoms with Gasteiger partial charge in [-0.2, -0.15) is 4.98 Å². The Morgan fingerprint density at radius 2 is 2.25 bits per heavy atom.